The zero-order valence-corrected chi connectivity index (χ0v) is 19.7. The minimum absolute atomic E-state index is 0. The molecular weight excluding hydrogens is 483 g/mol. The van der Waals surface area contributed by atoms with Crippen molar-refractivity contribution in [2.75, 3.05) is 33.3 Å². The maximum absolute atomic E-state index is 5.30. The molecule has 1 aliphatic heterocycles. The average Bonchev–Trinajstić information content (AvgIpc) is 3.38. The molecule has 0 saturated carbocycles. The quantitative estimate of drug-likeness (QED) is 0.318. The topological polar surface area (TPSA) is 87.8 Å². The van der Waals surface area contributed by atoms with Gasteiger partial charge in [0.15, 0.2) is 11.8 Å². The van der Waals surface area contributed by atoms with Crippen molar-refractivity contribution in [2.24, 2.45) is 4.99 Å². The Kier molecular flexibility index (Phi) is 9.65. The second-order valence-electron chi connectivity index (χ2n) is 6.84. The van der Waals surface area contributed by atoms with E-state index < -0.39 is 0 Å². The van der Waals surface area contributed by atoms with Crippen molar-refractivity contribution in [2.45, 2.75) is 39.3 Å². The second kappa shape index (κ2) is 12.0. The van der Waals surface area contributed by atoms with Crippen molar-refractivity contribution in [3.05, 3.63) is 41.5 Å². The number of guanidine groups is 1. The van der Waals surface area contributed by atoms with Gasteiger partial charge in [0.2, 0.25) is 5.89 Å². The molecule has 160 valence electrons. The van der Waals surface area contributed by atoms with E-state index in [9.17, 15) is 0 Å². The van der Waals surface area contributed by atoms with Crippen molar-refractivity contribution in [3.8, 4) is 5.75 Å². The standard InChI is InChI=1S/C20H30N6O2.HI/c1-4-21-20(23-14-19-24-15(2)25-28-19)22-13-18(26-11-5-6-12-26)16-7-9-17(27-3)10-8-16;/h7-10,18H,4-6,11-14H2,1-3H3,(H2,21,22,23);1H. The van der Waals surface area contributed by atoms with E-state index in [4.69, 9.17) is 9.26 Å². The summed E-state index contributed by atoms with van der Waals surface area (Å²) in [7, 11) is 1.69. The molecule has 0 radical (unpaired) electrons. The molecule has 3 rings (SSSR count). The third-order valence-corrected chi connectivity index (χ3v) is 4.83. The molecule has 8 nitrogen and oxygen atoms in total. The maximum Gasteiger partial charge on any atom is 0.248 e. The Morgan fingerprint density at radius 3 is 2.55 bits per heavy atom. The maximum atomic E-state index is 5.30. The molecule has 1 unspecified atom stereocenters. The Morgan fingerprint density at radius 2 is 1.97 bits per heavy atom. The third-order valence-electron chi connectivity index (χ3n) is 4.83. The fraction of sp³-hybridized carbons (Fsp3) is 0.550. The molecule has 2 aromatic rings. The van der Waals surface area contributed by atoms with E-state index >= 15 is 0 Å². The number of aryl methyl sites for hydroxylation is 1. The molecule has 0 bridgehead atoms. The molecule has 2 heterocycles. The fourth-order valence-corrected chi connectivity index (χ4v) is 3.42. The second-order valence-corrected chi connectivity index (χ2v) is 6.84. The van der Waals surface area contributed by atoms with Gasteiger partial charge in [-0.3, -0.25) is 4.90 Å². The SMILES string of the molecule is CCNC(=NCc1nc(C)no1)NCC(c1ccc(OC)cc1)N1CCCC1.I. The van der Waals surface area contributed by atoms with Gasteiger partial charge in [-0.2, -0.15) is 4.98 Å². The molecule has 0 spiro atoms. The highest BCUT2D eigenvalue weighted by Crippen LogP contribution is 2.26. The number of methoxy groups -OCH3 is 1. The monoisotopic (exact) mass is 514 g/mol. The molecule has 2 N–H and O–H groups in total. The molecule has 1 atom stereocenters. The summed E-state index contributed by atoms with van der Waals surface area (Å²) in [6.45, 7) is 7.99. The number of benzene rings is 1. The Hall–Kier alpha value is -1.88. The van der Waals surface area contributed by atoms with Gasteiger partial charge in [0, 0.05) is 13.1 Å². The van der Waals surface area contributed by atoms with Crippen LogP contribution in [0.25, 0.3) is 0 Å². The molecule has 1 aliphatic rings. The van der Waals surface area contributed by atoms with Gasteiger partial charge < -0.3 is 19.9 Å². The number of likely N-dealkylation sites (tertiary alicyclic amines) is 1. The predicted molar refractivity (Wildman–Crippen MR) is 124 cm³/mol. The van der Waals surface area contributed by atoms with Crippen LogP contribution in [0.1, 0.15) is 43.1 Å². The first-order chi connectivity index (χ1) is 13.7. The Bertz CT molecular complexity index is 759. The van der Waals surface area contributed by atoms with Crippen molar-refractivity contribution in [1.82, 2.24) is 25.7 Å². The largest absolute Gasteiger partial charge is 0.497 e. The van der Waals surface area contributed by atoms with Crippen LogP contribution in [-0.2, 0) is 6.54 Å². The normalized spacial score (nSPS) is 15.6. The summed E-state index contributed by atoms with van der Waals surface area (Å²) in [5.41, 5.74) is 1.28. The van der Waals surface area contributed by atoms with Crippen LogP contribution in [0.3, 0.4) is 0 Å². The molecule has 9 heteroatoms. The zero-order chi connectivity index (χ0) is 19.8. The van der Waals surface area contributed by atoms with Crippen molar-refractivity contribution in [3.63, 3.8) is 0 Å². The number of rotatable bonds is 8. The molecule has 29 heavy (non-hydrogen) atoms. The number of hydrogen-bond acceptors (Lipinski definition) is 6. The van der Waals surface area contributed by atoms with Gasteiger partial charge in [0.1, 0.15) is 12.3 Å². The van der Waals surface area contributed by atoms with Gasteiger partial charge in [-0.1, -0.05) is 17.3 Å². The highest BCUT2D eigenvalue weighted by Gasteiger charge is 2.23. The predicted octanol–water partition coefficient (Wildman–Crippen LogP) is 2.90. The van der Waals surface area contributed by atoms with Gasteiger partial charge in [-0.25, -0.2) is 4.99 Å². The average molecular weight is 514 g/mol. The molecule has 1 saturated heterocycles. The van der Waals surface area contributed by atoms with Gasteiger partial charge in [0.25, 0.3) is 0 Å². The van der Waals surface area contributed by atoms with Crippen LogP contribution >= 0.6 is 24.0 Å². The number of aliphatic imine (C=N–C) groups is 1. The summed E-state index contributed by atoms with van der Waals surface area (Å²) in [5, 5.41) is 10.6. The van der Waals surface area contributed by atoms with E-state index in [2.05, 4.69) is 49.7 Å². The molecule has 1 aromatic heterocycles. The Balaban J connectivity index is 0.00000300. The number of aromatic nitrogens is 2. The lowest BCUT2D eigenvalue weighted by molar-refractivity contribution is 0.245. The van der Waals surface area contributed by atoms with Crippen LogP contribution in [0.2, 0.25) is 0 Å². The summed E-state index contributed by atoms with van der Waals surface area (Å²) in [5.74, 6) is 2.76. The molecular formula is C20H31IN6O2. The smallest absolute Gasteiger partial charge is 0.248 e. The van der Waals surface area contributed by atoms with Crippen LogP contribution in [0.15, 0.2) is 33.8 Å². The van der Waals surface area contributed by atoms with E-state index in [0.717, 1.165) is 37.9 Å². The summed E-state index contributed by atoms with van der Waals surface area (Å²) in [6, 6.07) is 8.62. The van der Waals surface area contributed by atoms with Gasteiger partial charge >= 0.3 is 0 Å². The first-order valence-corrected chi connectivity index (χ1v) is 9.89. The van der Waals surface area contributed by atoms with Crippen LogP contribution in [0, 0.1) is 6.92 Å². The fourth-order valence-electron chi connectivity index (χ4n) is 3.42. The number of nitrogens with zero attached hydrogens (tertiary/aromatic N) is 4. The molecule has 0 aliphatic carbocycles. The minimum Gasteiger partial charge on any atom is -0.497 e. The Morgan fingerprint density at radius 1 is 1.24 bits per heavy atom. The van der Waals surface area contributed by atoms with Crippen LogP contribution < -0.4 is 15.4 Å². The van der Waals surface area contributed by atoms with E-state index in [1.54, 1.807) is 14.0 Å². The molecule has 1 aromatic carbocycles. The number of ether oxygens (including phenoxy) is 1. The summed E-state index contributed by atoms with van der Waals surface area (Å²) >= 11 is 0. The van der Waals surface area contributed by atoms with Crippen molar-refractivity contribution < 1.29 is 9.26 Å². The lowest BCUT2D eigenvalue weighted by Gasteiger charge is -2.29. The van der Waals surface area contributed by atoms with Gasteiger partial charge in [-0.15, -0.1) is 24.0 Å². The lowest BCUT2D eigenvalue weighted by Crippen LogP contribution is -2.42. The molecule has 1 fully saturated rings. The van der Waals surface area contributed by atoms with Crippen LogP contribution in [0.5, 0.6) is 5.75 Å². The first-order valence-electron chi connectivity index (χ1n) is 9.89. The van der Waals surface area contributed by atoms with Gasteiger partial charge in [-0.05, 0) is 57.5 Å². The summed E-state index contributed by atoms with van der Waals surface area (Å²) < 4.78 is 10.4. The number of halogens is 1. The van der Waals surface area contributed by atoms with Gasteiger partial charge in [0.05, 0.1) is 13.2 Å². The summed E-state index contributed by atoms with van der Waals surface area (Å²) in [4.78, 5) is 11.3. The highest BCUT2D eigenvalue weighted by atomic mass is 127. The van der Waals surface area contributed by atoms with Crippen LogP contribution in [0.4, 0.5) is 0 Å². The third kappa shape index (κ3) is 6.84. The summed E-state index contributed by atoms with van der Waals surface area (Å²) in [6.07, 6.45) is 2.49. The first kappa shape index (κ1) is 23.4. The van der Waals surface area contributed by atoms with Crippen LogP contribution in [-0.4, -0.2) is 54.3 Å². The number of nitrogens with one attached hydrogen (secondary N) is 2. The van der Waals surface area contributed by atoms with Crippen molar-refractivity contribution in [1.29, 1.82) is 0 Å². The van der Waals surface area contributed by atoms with E-state index in [-0.39, 0.29) is 30.0 Å². The van der Waals surface area contributed by atoms with E-state index in [1.807, 2.05) is 12.1 Å². The lowest BCUT2D eigenvalue weighted by atomic mass is 10.1. The number of hydrogen-bond donors (Lipinski definition) is 2. The zero-order valence-electron chi connectivity index (χ0n) is 17.4. The highest BCUT2D eigenvalue weighted by molar-refractivity contribution is 14.0. The van der Waals surface area contributed by atoms with Crippen molar-refractivity contribution >= 4 is 29.9 Å². The Labute approximate surface area is 189 Å². The van der Waals surface area contributed by atoms with E-state index in [1.165, 1.54) is 18.4 Å². The van der Waals surface area contributed by atoms with E-state index in [0.29, 0.717) is 18.3 Å². The molecule has 0 amide bonds. The minimum atomic E-state index is 0.